The molecule has 0 fully saturated rings. The zero-order valence-electron chi connectivity index (χ0n) is 7.44. The minimum atomic E-state index is -0.354. The molecular formula is C9H10O3S. The lowest BCUT2D eigenvalue weighted by Crippen LogP contribution is -1.92. The van der Waals surface area contributed by atoms with Crippen molar-refractivity contribution < 1.29 is 14.3 Å². The highest BCUT2D eigenvalue weighted by Gasteiger charge is 1.96. The topological polar surface area (TPSA) is 35.5 Å². The molecule has 0 atom stereocenters. The molecule has 1 aromatic rings. The summed E-state index contributed by atoms with van der Waals surface area (Å²) in [6, 6.07) is 3.73. The molecule has 0 bridgehead atoms. The van der Waals surface area contributed by atoms with E-state index >= 15 is 0 Å². The van der Waals surface area contributed by atoms with Crippen LogP contribution in [0.15, 0.2) is 18.2 Å². The van der Waals surface area contributed by atoms with Crippen molar-refractivity contribution in [3.63, 3.8) is 0 Å². The molecule has 0 unspecified atom stereocenters. The van der Waals surface area contributed by atoms with Gasteiger partial charge in [0, 0.05) is 11.0 Å². The third-order valence-electron chi connectivity index (χ3n) is 1.39. The summed E-state index contributed by atoms with van der Waals surface area (Å²) >= 11 is 1.47. The van der Waals surface area contributed by atoms with E-state index in [9.17, 15) is 4.79 Å². The Labute approximate surface area is 80.6 Å². The van der Waals surface area contributed by atoms with Gasteiger partial charge in [-0.1, -0.05) is 11.3 Å². The van der Waals surface area contributed by atoms with Gasteiger partial charge in [-0.05, 0) is 18.2 Å². The predicted octanol–water partition coefficient (Wildman–Crippen LogP) is 1.94. The van der Waals surface area contributed by atoms with Crippen molar-refractivity contribution in [3.05, 3.63) is 23.1 Å². The summed E-state index contributed by atoms with van der Waals surface area (Å²) < 4.78 is 9.45. The Balaban J connectivity index is 2.63. The highest BCUT2D eigenvalue weighted by atomic mass is 32.1. The fourth-order valence-electron chi connectivity index (χ4n) is 0.752. The summed E-state index contributed by atoms with van der Waals surface area (Å²) in [4.78, 5) is 11.7. The molecule has 1 heterocycles. The van der Waals surface area contributed by atoms with Gasteiger partial charge in [0.2, 0.25) is 0 Å². The molecule has 0 amide bonds. The van der Waals surface area contributed by atoms with Gasteiger partial charge in [-0.2, -0.15) is 0 Å². The molecule has 0 N–H and O–H groups in total. The van der Waals surface area contributed by atoms with Crippen LogP contribution in [0.5, 0.6) is 5.06 Å². The number of esters is 1. The second-order valence-corrected chi connectivity index (χ2v) is 3.30. The average Bonchev–Trinajstić information content (AvgIpc) is 2.61. The van der Waals surface area contributed by atoms with Crippen LogP contribution in [-0.4, -0.2) is 20.2 Å². The van der Waals surface area contributed by atoms with E-state index < -0.39 is 0 Å². The molecule has 0 aliphatic heterocycles. The fourth-order valence-corrected chi connectivity index (χ4v) is 1.48. The lowest BCUT2D eigenvalue weighted by Gasteiger charge is -1.89. The zero-order chi connectivity index (χ0) is 9.68. The van der Waals surface area contributed by atoms with Gasteiger partial charge in [0.25, 0.3) is 0 Å². The first kappa shape index (κ1) is 9.80. The van der Waals surface area contributed by atoms with Gasteiger partial charge in [0.05, 0.1) is 14.2 Å². The largest absolute Gasteiger partial charge is 0.487 e. The van der Waals surface area contributed by atoms with E-state index in [0.717, 1.165) is 9.94 Å². The third kappa shape index (κ3) is 2.91. The maximum Gasteiger partial charge on any atom is 0.330 e. The molecule has 70 valence electrons. The standard InChI is InChI=1S/C9H10O3S/c1-11-8(10)5-3-7-4-6-9(12-2)13-7/h3-6H,1-2H3/b5-3+. The van der Waals surface area contributed by atoms with Gasteiger partial charge in [-0.3, -0.25) is 0 Å². The molecule has 1 rings (SSSR count). The first-order valence-corrected chi connectivity index (χ1v) is 4.47. The van der Waals surface area contributed by atoms with E-state index in [1.165, 1.54) is 24.5 Å². The number of carbonyl (C=O) groups is 1. The highest BCUT2D eigenvalue weighted by Crippen LogP contribution is 2.24. The van der Waals surface area contributed by atoms with Crippen molar-refractivity contribution in [1.29, 1.82) is 0 Å². The lowest BCUT2D eigenvalue weighted by atomic mass is 10.4. The SMILES string of the molecule is COC(=O)/C=C/c1ccc(OC)s1. The van der Waals surface area contributed by atoms with Gasteiger partial charge in [0.15, 0.2) is 5.06 Å². The fraction of sp³-hybridized carbons (Fsp3) is 0.222. The molecule has 0 saturated heterocycles. The second kappa shape index (κ2) is 4.67. The van der Waals surface area contributed by atoms with Crippen LogP contribution < -0.4 is 4.74 Å². The molecule has 0 aliphatic carbocycles. The summed E-state index contributed by atoms with van der Waals surface area (Å²) in [7, 11) is 2.96. The van der Waals surface area contributed by atoms with Crippen LogP contribution >= 0.6 is 11.3 Å². The molecule has 0 aromatic carbocycles. The number of rotatable bonds is 3. The van der Waals surface area contributed by atoms with Crippen LogP contribution in [0.4, 0.5) is 0 Å². The number of ether oxygens (including phenoxy) is 2. The van der Waals surface area contributed by atoms with E-state index in [0.29, 0.717) is 0 Å². The average molecular weight is 198 g/mol. The molecule has 0 saturated carbocycles. The molecule has 1 aromatic heterocycles. The van der Waals surface area contributed by atoms with Crippen molar-refractivity contribution in [1.82, 2.24) is 0 Å². The Kier molecular flexibility index (Phi) is 3.52. The molecule has 13 heavy (non-hydrogen) atoms. The molecule has 3 nitrogen and oxygen atoms in total. The molecular weight excluding hydrogens is 188 g/mol. The summed E-state index contributed by atoms with van der Waals surface area (Å²) in [5, 5.41) is 0.824. The van der Waals surface area contributed by atoms with E-state index in [1.807, 2.05) is 12.1 Å². The Morgan fingerprint density at radius 2 is 2.23 bits per heavy atom. The smallest absolute Gasteiger partial charge is 0.330 e. The van der Waals surface area contributed by atoms with Crippen molar-refractivity contribution in [2.45, 2.75) is 0 Å². The van der Waals surface area contributed by atoms with E-state index in [4.69, 9.17) is 4.74 Å². The number of methoxy groups -OCH3 is 2. The van der Waals surface area contributed by atoms with E-state index in [-0.39, 0.29) is 5.97 Å². The quantitative estimate of drug-likeness (QED) is 0.550. The summed E-state index contributed by atoms with van der Waals surface area (Å²) in [5.41, 5.74) is 0. The van der Waals surface area contributed by atoms with Crippen molar-refractivity contribution >= 4 is 23.4 Å². The Morgan fingerprint density at radius 1 is 1.46 bits per heavy atom. The van der Waals surface area contributed by atoms with Crippen LogP contribution in [0.3, 0.4) is 0 Å². The summed E-state index contributed by atoms with van der Waals surface area (Å²) in [5.74, 6) is -0.354. The predicted molar refractivity (Wildman–Crippen MR) is 51.9 cm³/mol. The Bertz CT molecular complexity index is 314. The number of hydrogen-bond acceptors (Lipinski definition) is 4. The second-order valence-electron chi connectivity index (χ2n) is 2.22. The maximum absolute atomic E-state index is 10.7. The minimum Gasteiger partial charge on any atom is -0.487 e. The minimum absolute atomic E-state index is 0.354. The molecule has 0 aliphatic rings. The number of thiophene rings is 1. The monoisotopic (exact) mass is 198 g/mol. The van der Waals surface area contributed by atoms with Crippen LogP contribution in [0, 0.1) is 0 Å². The Morgan fingerprint density at radius 3 is 2.77 bits per heavy atom. The zero-order valence-corrected chi connectivity index (χ0v) is 8.26. The van der Waals surface area contributed by atoms with Crippen molar-refractivity contribution in [2.75, 3.05) is 14.2 Å². The first-order chi connectivity index (χ1) is 6.26. The number of carbonyl (C=O) groups excluding carboxylic acids is 1. The maximum atomic E-state index is 10.7. The van der Waals surface area contributed by atoms with Gasteiger partial charge < -0.3 is 9.47 Å². The van der Waals surface area contributed by atoms with Gasteiger partial charge in [0.1, 0.15) is 0 Å². The highest BCUT2D eigenvalue weighted by molar-refractivity contribution is 7.14. The van der Waals surface area contributed by atoms with Crippen molar-refractivity contribution in [3.8, 4) is 5.06 Å². The van der Waals surface area contributed by atoms with Gasteiger partial charge in [-0.15, -0.1) is 0 Å². The van der Waals surface area contributed by atoms with Crippen LogP contribution in [0.1, 0.15) is 4.88 Å². The summed E-state index contributed by atoms with van der Waals surface area (Å²) in [6.45, 7) is 0. The van der Waals surface area contributed by atoms with E-state index in [1.54, 1.807) is 13.2 Å². The Hall–Kier alpha value is -1.29. The first-order valence-electron chi connectivity index (χ1n) is 3.66. The van der Waals surface area contributed by atoms with E-state index in [2.05, 4.69) is 4.74 Å². The third-order valence-corrected chi connectivity index (χ3v) is 2.40. The van der Waals surface area contributed by atoms with Gasteiger partial charge >= 0.3 is 5.97 Å². The molecule has 0 radical (unpaired) electrons. The van der Waals surface area contributed by atoms with Crippen molar-refractivity contribution in [2.24, 2.45) is 0 Å². The molecule has 4 heteroatoms. The van der Waals surface area contributed by atoms with Crippen LogP contribution in [0.25, 0.3) is 6.08 Å². The lowest BCUT2D eigenvalue weighted by molar-refractivity contribution is -0.134. The summed E-state index contributed by atoms with van der Waals surface area (Å²) in [6.07, 6.45) is 3.07. The van der Waals surface area contributed by atoms with Gasteiger partial charge in [-0.25, -0.2) is 4.79 Å². The normalized spacial score (nSPS) is 10.3. The van der Waals surface area contributed by atoms with Crippen LogP contribution in [0.2, 0.25) is 0 Å². The molecule has 0 spiro atoms. The number of hydrogen-bond donors (Lipinski definition) is 0. The van der Waals surface area contributed by atoms with Crippen LogP contribution in [-0.2, 0) is 9.53 Å².